The standard InChI is InChI=1S/C32H66NO/c1-4-6-8-10-12-14-16-18-20-22-24-26-28-33(3,30-32-31-34-32)29-27-25-23-21-19-17-15-13-11-9-7-5-2/h32H,4-31H2,1-3H3/q+1. The van der Waals surface area contributed by atoms with Crippen molar-refractivity contribution in [3.05, 3.63) is 0 Å². The van der Waals surface area contributed by atoms with Crippen LogP contribution in [0.15, 0.2) is 0 Å². The maximum absolute atomic E-state index is 5.61. The molecule has 0 bridgehead atoms. The Morgan fingerprint density at radius 3 is 1.00 bits per heavy atom. The van der Waals surface area contributed by atoms with Crippen LogP contribution >= 0.6 is 0 Å². The number of hydrogen-bond acceptors (Lipinski definition) is 1. The van der Waals surface area contributed by atoms with Gasteiger partial charge in [0.2, 0.25) is 0 Å². The van der Waals surface area contributed by atoms with E-state index < -0.39 is 0 Å². The van der Waals surface area contributed by atoms with Gasteiger partial charge >= 0.3 is 0 Å². The van der Waals surface area contributed by atoms with Crippen molar-refractivity contribution in [2.24, 2.45) is 0 Å². The Balaban J connectivity index is 1.96. The number of ether oxygens (including phenoxy) is 1. The van der Waals surface area contributed by atoms with E-state index in [0.29, 0.717) is 6.10 Å². The lowest BCUT2D eigenvalue weighted by atomic mass is 10.0. The second-order valence-electron chi connectivity index (χ2n) is 12.0. The molecule has 34 heavy (non-hydrogen) atoms. The molecule has 1 saturated heterocycles. The average molecular weight is 481 g/mol. The van der Waals surface area contributed by atoms with Crippen molar-refractivity contribution < 1.29 is 9.22 Å². The first-order valence-electron chi connectivity index (χ1n) is 16.2. The quantitative estimate of drug-likeness (QED) is 0.0616. The summed E-state index contributed by atoms with van der Waals surface area (Å²) in [6.45, 7) is 9.63. The van der Waals surface area contributed by atoms with Gasteiger partial charge in [0.05, 0.1) is 26.7 Å². The van der Waals surface area contributed by atoms with E-state index in [1.807, 2.05) is 0 Å². The summed E-state index contributed by atoms with van der Waals surface area (Å²) in [5.41, 5.74) is 0. The molecule has 0 N–H and O–H groups in total. The van der Waals surface area contributed by atoms with Gasteiger partial charge < -0.3 is 9.22 Å². The van der Waals surface area contributed by atoms with Crippen LogP contribution in [-0.2, 0) is 4.74 Å². The van der Waals surface area contributed by atoms with Crippen molar-refractivity contribution >= 4 is 0 Å². The average Bonchev–Trinajstić information content (AvgIpc) is 3.64. The highest BCUT2D eigenvalue weighted by Crippen LogP contribution is 2.20. The molecule has 2 heteroatoms. The van der Waals surface area contributed by atoms with Crippen LogP contribution in [0.5, 0.6) is 0 Å². The summed E-state index contributed by atoms with van der Waals surface area (Å²) >= 11 is 0. The van der Waals surface area contributed by atoms with Crippen molar-refractivity contribution in [3.8, 4) is 0 Å². The zero-order valence-electron chi connectivity index (χ0n) is 24.2. The smallest absolute Gasteiger partial charge is 0.130 e. The minimum atomic E-state index is 0.569. The molecular formula is C32H66NO+. The van der Waals surface area contributed by atoms with Gasteiger partial charge in [-0.2, -0.15) is 0 Å². The van der Waals surface area contributed by atoms with Crippen LogP contribution in [-0.4, -0.2) is 43.9 Å². The van der Waals surface area contributed by atoms with Gasteiger partial charge in [-0.3, -0.25) is 0 Å². The van der Waals surface area contributed by atoms with Crippen molar-refractivity contribution in [2.45, 2.75) is 174 Å². The molecule has 2 nitrogen and oxygen atoms in total. The molecule has 1 fully saturated rings. The number of likely N-dealkylation sites (N-methyl/N-ethyl adjacent to an activating group) is 1. The highest BCUT2D eigenvalue weighted by Gasteiger charge is 2.33. The summed E-state index contributed by atoms with van der Waals surface area (Å²) in [7, 11) is 2.51. The lowest BCUT2D eigenvalue weighted by Gasteiger charge is -2.34. The normalized spacial score (nSPS) is 15.8. The molecule has 0 aliphatic carbocycles. The summed E-state index contributed by atoms with van der Waals surface area (Å²) in [6, 6.07) is 0. The van der Waals surface area contributed by atoms with Crippen LogP contribution in [0.25, 0.3) is 0 Å². The third-order valence-corrected chi connectivity index (χ3v) is 8.15. The van der Waals surface area contributed by atoms with Gasteiger partial charge in [-0.15, -0.1) is 0 Å². The van der Waals surface area contributed by atoms with E-state index in [0.717, 1.165) is 6.61 Å². The molecule has 0 spiro atoms. The SMILES string of the molecule is CCCCCCCCCCCCCC[N+](C)(CCCCCCCCCCCCCC)CC1CO1. The van der Waals surface area contributed by atoms with Crippen LogP contribution in [0, 0.1) is 0 Å². The van der Waals surface area contributed by atoms with Gasteiger partial charge in [-0.25, -0.2) is 0 Å². The summed E-state index contributed by atoms with van der Waals surface area (Å²) in [5, 5.41) is 0. The summed E-state index contributed by atoms with van der Waals surface area (Å²) < 4.78 is 6.88. The molecule has 0 aromatic rings. The van der Waals surface area contributed by atoms with Crippen LogP contribution in [0.3, 0.4) is 0 Å². The van der Waals surface area contributed by atoms with Gasteiger partial charge in [0, 0.05) is 0 Å². The summed E-state index contributed by atoms with van der Waals surface area (Å²) in [5.74, 6) is 0. The van der Waals surface area contributed by atoms with Crippen molar-refractivity contribution in [1.29, 1.82) is 0 Å². The molecule has 0 aromatic heterocycles. The zero-order chi connectivity index (χ0) is 24.6. The van der Waals surface area contributed by atoms with E-state index in [1.165, 1.54) is 178 Å². The number of hydrogen-bond donors (Lipinski definition) is 0. The molecule has 0 aromatic carbocycles. The highest BCUT2D eigenvalue weighted by molar-refractivity contribution is 4.68. The van der Waals surface area contributed by atoms with E-state index in [-0.39, 0.29) is 0 Å². The first-order chi connectivity index (χ1) is 16.7. The number of quaternary nitrogens is 1. The molecule has 0 radical (unpaired) electrons. The van der Waals surface area contributed by atoms with Crippen LogP contribution in [0.1, 0.15) is 168 Å². The van der Waals surface area contributed by atoms with Crippen LogP contribution in [0.2, 0.25) is 0 Å². The Kier molecular flexibility index (Phi) is 21.9. The molecule has 0 amide bonds. The fourth-order valence-corrected chi connectivity index (χ4v) is 5.63. The van der Waals surface area contributed by atoms with Gasteiger partial charge in [0.15, 0.2) is 0 Å². The molecular weight excluding hydrogens is 414 g/mol. The lowest BCUT2D eigenvalue weighted by molar-refractivity contribution is -0.910. The number of rotatable bonds is 28. The second kappa shape index (κ2) is 23.3. The maximum Gasteiger partial charge on any atom is 0.130 e. The Morgan fingerprint density at radius 1 is 0.471 bits per heavy atom. The van der Waals surface area contributed by atoms with E-state index in [4.69, 9.17) is 4.74 Å². The Hall–Kier alpha value is -0.0800. The second-order valence-corrected chi connectivity index (χ2v) is 12.0. The number of unbranched alkanes of at least 4 members (excludes halogenated alkanes) is 22. The molecule has 1 atom stereocenters. The van der Waals surface area contributed by atoms with Crippen LogP contribution < -0.4 is 0 Å². The molecule has 1 aliphatic rings. The molecule has 1 rings (SSSR count). The van der Waals surface area contributed by atoms with E-state index in [2.05, 4.69) is 20.9 Å². The van der Waals surface area contributed by atoms with Crippen molar-refractivity contribution in [2.75, 3.05) is 33.3 Å². The van der Waals surface area contributed by atoms with Crippen molar-refractivity contribution in [1.82, 2.24) is 0 Å². The van der Waals surface area contributed by atoms with Crippen LogP contribution in [0.4, 0.5) is 0 Å². The third kappa shape index (κ3) is 21.2. The molecule has 0 saturated carbocycles. The molecule has 204 valence electrons. The van der Waals surface area contributed by atoms with Crippen molar-refractivity contribution in [3.63, 3.8) is 0 Å². The third-order valence-electron chi connectivity index (χ3n) is 8.15. The lowest BCUT2D eigenvalue weighted by Crippen LogP contribution is -2.48. The summed E-state index contributed by atoms with van der Waals surface area (Å²) in [6.07, 6.45) is 35.3. The Labute approximate surface area is 216 Å². The number of epoxide rings is 1. The minimum absolute atomic E-state index is 0.569. The molecule has 1 heterocycles. The molecule has 1 unspecified atom stereocenters. The predicted octanol–water partition coefficient (Wildman–Crippen LogP) is 10.2. The maximum atomic E-state index is 5.61. The fraction of sp³-hybridized carbons (Fsp3) is 1.00. The van der Waals surface area contributed by atoms with Gasteiger partial charge in [-0.1, -0.05) is 142 Å². The van der Waals surface area contributed by atoms with E-state index >= 15 is 0 Å². The van der Waals surface area contributed by atoms with Gasteiger partial charge in [0.1, 0.15) is 12.6 Å². The first kappa shape index (κ1) is 31.9. The topological polar surface area (TPSA) is 12.5 Å². The van der Waals surface area contributed by atoms with Gasteiger partial charge in [0.25, 0.3) is 0 Å². The zero-order valence-corrected chi connectivity index (χ0v) is 24.2. The predicted molar refractivity (Wildman–Crippen MR) is 153 cm³/mol. The number of nitrogens with zero attached hydrogens (tertiary/aromatic N) is 1. The first-order valence-corrected chi connectivity index (χ1v) is 16.2. The highest BCUT2D eigenvalue weighted by atomic mass is 16.6. The fourth-order valence-electron chi connectivity index (χ4n) is 5.63. The van der Waals surface area contributed by atoms with E-state index in [1.54, 1.807) is 0 Å². The molecule has 1 aliphatic heterocycles. The monoisotopic (exact) mass is 481 g/mol. The van der Waals surface area contributed by atoms with E-state index in [9.17, 15) is 0 Å². The Bertz CT molecular complexity index is 378. The minimum Gasteiger partial charge on any atom is -0.367 e. The Morgan fingerprint density at radius 2 is 0.735 bits per heavy atom. The largest absolute Gasteiger partial charge is 0.367 e. The van der Waals surface area contributed by atoms with Gasteiger partial charge in [-0.05, 0) is 25.7 Å². The summed E-state index contributed by atoms with van der Waals surface area (Å²) in [4.78, 5) is 0.